The highest BCUT2D eigenvalue weighted by molar-refractivity contribution is 7.99. The van der Waals surface area contributed by atoms with E-state index in [-0.39, 0.29) is 11.5 Å². The number of hydrogen-bond donors (Lipinski definition) is 1. The molecule has 0 heterocycles. The highest BCUT2D eigenvalue weighted by Gasteiger charge is 2.33. The Balaban J connectivity index is 2.33. The molecule has 1 aliphatic carbocycles. The molecule has 0 bridgehead atoms. The number of rotatable bonds is 4. The van der Waals surface area contributed by atoms with Gasteiger partial charge in [0.1, 0.15) is 5.60 Å². The minimum absolute atomic E-state index is 0.241. The van der Waals surface area contributed by atoms with Crippen molar-refractivity contribution < 1.29 is 9.53 Å². The van der Waals surface area contributed by atoms with Gasteiger partial charge < -0.3 is 10.1 Å². The van der Waals surface area contributed by atoms with E-state index in [9.17, 15) is 4.79 Å². The topological polar surface area (TPSA) is 38.3 Å². The second-order valence-corrected chi connectivity index (χ2v) is 6.28. The summed E-state index contributed by atoms with van der Waals surface area (Å²) in [4.78, 5) is 11.5. The zero-order chi connectivity index (χ0) is 11.5. The zero-order valence-electron chi connectivity index (χ0n) is 10.0. The summed E-state index contributed by atoms with van der Waals surface area (Å²) in [6, 6.07) is 0. The van der Waals surface area contributed by atoms with Gasteiger partial charge in [0.2, 0.25) is 0 Å². The molecule has 1 saturated carbocycles. The van der Waals surface area contributed by atoms with E-state index >= 15 is 0 Å². The summed E-state index contributed by atoms with van der Waals surface area (Å²) in [5.74, 6) is 1.68. The number of amides is 1. The number of thioether (sulfide) groups is 1. The smallest absolute Gasteiger partial charge is 0.408 e. The lowest BCUT2D eigenvalue weighted by molar-refractivity contribution is 0.0518. The first kappa shape index (κ1) is 12.7. The van der Waals surface area contributed by atoms with Gasteiger partial charge >= 0.3 is 6.09 Å². The van der Waals surface area contributed by atoms with Crippen LogP contribution >= 0.6 is 11.8 Å². The van der Waals surface area contributed by atoms with Crippen molar-refractivity contribution in [2.75, 3.05) is 5.75 Å². The Hall–Kier alpha value is -0.380. The molecule has 1 N–H and O–H groups in total. The van der Waals surface area contributed by atoms with Crippen LogP contribution in [0.25, 0.3) is 0 Å². The molecular weight excluding hydrogens is 210 g/mol. The first-order valence-corrected chi connectivity index (χ1v) is 6.58. The second-order valence-electron chi connectivity index (χ2n) is 4.86. The van der Waals surface area contributed by atoms with Gasteiger partial charge in [-0.3, -0.25) is 0 Å². The number of alkyl carbamates (subject to hydrolysis) is 1. The largest absolute Gasteiger partial charge is 0.444 e. The van der Waals surface area contributed by atoms with Crippen LogP contribution in [0.2, 0.25) is 0 Å². The van der Waals surface area contributed by atoms with Gasteiger partial charge in [0, 0.05) is 0 Å². The van der Waals surface area contributed by atoms with E-state index in [1.165, 1.54) is 12.8 Å². The fourth-order valence-corrected chi connectivity index (χ4v) is 2.38. The molecular formula is C11H21NO2S. The quantitative estimate of drug-likeness (QED) is 0.756. The maximum atomic E-state index is 11.5. The molecule has 4 heteroatoms. The van der Waals surface area contributed by atoms with E-state index in [4.69, 9.17) is 4.74 Å². The van der Waals surface area contributed by atoms with E-state index in [2.05, 4.69) is 12.2 Å². The predicted octanol–water partition coefficient (Wildman–Crippen LogP) is 3.00. The Morgan fingerprint density at radius 2 is 2.13 bits per heavy atom. The first-order chi connectivity index (χ1) is 6.92. The van der Waals surface area contributed by atoms with Gasteiger partial charge in [-0.1, -0.05) is 6.92 Å². The van der Waals surface area contributed by atoms with E-state index in [1.807, 2.05) is 20.8 Å². The average molecular weight is 231 g/mol. The van der Waals surface area contributed by atoms with Gasteiger partial charge in [-0.05, 0) is 45.3 Å². The molecule has 1 atom stereocenters. The van der Waals surface area contributed by atoms with E-state index in [0.717, 1.165) is 5.75 Å². The van der Waals surface area contributed by atoms with E-state index < -0.39 is 5.60 Å². The Morgan fingerprint density at radius 1 is 1.53 bits per heavy atom. The molecule has 3 nitrogen and oxygen atoms in total. The zero-order valence-corrected chi connectivity index (χ0v) is 10.8. The third kappa shape index (κ3) is 5.30. The number of carbonyl (C=O) groups is 1. The minimum atomic E-state index is -0.408. The Bertz CT molecular complexity index is 221. The van der Waals surface area contributed by atoms with Crippen molar-refractivity contribution in [3.8, 4) is 0 Å². The van der Waals surface area contributed by atoms with Gasteiger partial charge in [0.05, 0.1) is 5.37 Å². The minimum Gasteiger partial charge on any atom is -0.444 e. The van der Waals surface area contributed by atoms with Gasteiger partial charge in [-0.15, -0.1) is 11.8 Å². The summed E-state index contributed by atoms with van der Waals surface area (Å²) in [6.45, 7) is 7.75. The van der Waals surface area contributed by atoms with Crippen molar-refractivity contribution in [3.63, 3.8) is 0 Å². The molecule has 1 unspecified atom stereocenters. The average Bonchev–Trinajstić information content (AvgIpc) is 2.81. The van der Waals surface area contributed by atoms with Crippen molar-refractivity contribution in [2.45, 2.75) is 51.5 Å². The lowest BCUT2D eigenvalue weighted by Gasteiger charge is -2.23. The SMILES string of the molecule is CCSC(NC(=O)OC(C)(C)C)C1CC1. The molecule has 88 valence electrons. The van der Waals surface area contributed by atoms with Gasteiger partial charge in [0.15, 0.2) is 0 Å². The van der Waals surface area contributed by atoms with Crippen LogP contribution in [-0.4, -0.2) is 22.8 Å². The van der Waals surface area contributed by atoms with Crippen LogP contribution in [0.4, 0.5) is 4.79 Å². The summed E-state index contributed by atoms with van der Waals surface area (Å²) in [7, 11) is 0. The lowest BCUT2D eigenvalue weighted by Crippen LogP contribution is -2.38. The molecule has 15 heavy (non-hydrogen) atoms. The van der Waals surface area contributed by atoms with Gasteiger partial charge in [-0.25, -0.2) is 4.79 Å². The van der Waals surface area contributed by atoms with E-state index in [0.29, 0.717) is 5.92 Å². The molecule has 0 spiro atoms. The third-order valence-electron chi connectivity index (χ3n) is 2.06. The van der Waals surface area contributed by atoms with Crippen LogP contribution in [0.5, 0.6) is 0 Å². The number of ether oxygens (including phenoxy) is 1. The molecule has 1 rings (SSSR count). The van der Waals surface area contributed by atoms with Crippen LogP contribution in [0.3, 0.4) is 0 Å². The number of nitrogens with one attached hydrogen (secondary N) is 1. The monoisotopic (exact) mass is 231 g/mol. The third-order valence-corrected chi connectivity index (χ3v) is 3.25. The molecule has 1 aliphatic rings. The maximum absolute atomic E-state index is 11.5. The molecule has 0 aromatic heterocycles. The van der Waals surface area contributed by atoms with Crippen LogP contribution in [0.1, 0.15) is 40.5 Å². The summed E-state index contributed by atoms with van der Waals surface area (Å²) in [5, 5.41) is 3.18. The number of carbonyl (C=O) groups excluding carboxylic acids is 1. The van der Waals surface area contributed by atoms with Crippen LogP contribution in [0, 0.1) is 5.92 Å². The van der Waals surface area contributed by atoms with Crippen LogP contribution in [0.15, 0.2) is 0 Å². The second kappa shape index (κ2) is 5.10. The summed E-state index contributed by atoms with van der Waals surface area (Å²) >= 11 is 1.79. The number of hydrogen-bond acceptors (Lipinski definition) is 3. The maximum Gasteiger partial charge on any atom is 0.408 e. The Labute approximate surface area is 96.3 Å². The highest BCUT2D eigenvalue weighted by Crippen LogP contribution is 2.37. The van der Waals surface area contributed by atoms with Crippen molar-refractivity contribution >= 4 is 17.9 Å². The predicted molar refractivity (Wildman–Crippen MR) is 64.0 cm³/mol. The normalized spacial score (nSPS) is 18.4. The van der Waals surface area contributed by atoms with Crippen molar-refractivity contribution in [3.05, 3.63) is 0 Å². The molecule has 0 aromatic rings. The van der Waals surface area contributed by atoms with Crippen molar-refractivity contribution in [1.29, 1.82) is 0 Å². The lowest BCUT2D eigenvalue weighted by atomic mass is 10.2. The Morgan fingerprint density at radius 3 is 2.53 bits per heavy atom. The fraction of sp³-hybridized carbons (Fsp3) is 0.909. The first-order valence-electron chi connectivity index (χ1n) is 5.53. The van der Waals surface area contributed by atoms with Crippen LogP contribution in [-0.2, 0) is 4.74 Å². The standard InChI is InChI=1S/C11H21NO2S/c1-5-15-9(8-6-7-8)12-10(13)14-11(2,3)4/h8-9H,5-7H2,1-4H3,(H,12,13). The molecule has 0 saturated heterocycles. The van der Waals surface area contributed by atoms with Crippen molar-refractivity contribution in [1.82, 2.24) is 5.32 Å². The fourth-order valence-electron chi connectivity index (χ4n) is 1.30. The van der Waals surface area contributed by atoms with Gasteiger partial charge in [-0.2, -0.15) is 0 Å². The molecule has 1 fully saturated rings. The summed E-state index contributed by atoms with van der Waals surface area (Å²) in [5.41, 5.74) is -0.408. The molecule has 1 amide bonds. The summed E-state index contributed by atoms with van der Waals surface area (Å²) in [6.07, 6.45) is 2.17. The van der Waals surface area contributed by atoms with Crippen LogP contribution < -0.4 is 5.32 Å². The van der Waals surface area contributed by atoms with E-state index in [1.54, 1.807) is 11.8 Å². The van der Waals surface area contributed by atoms with Gasteiger partial charge in [0.25, 0.3) is 0 Å². The highest BCUT2D eigenvalue weighted by atomic mass is 32.2. The molecule has 0 aromatic carbocycles. The molecule has 0 aliphatic heterocycles. The summed E-state index contributed by atoms with van der Waals surface area (Å²) < 4.78 is 5.23. The molecule has 0 radical (unpaired) electrons. The van der Waals surface area contributed by atoms with Crippen molar-refractivity contribution in [2.24, 2.45) is 5.92 Å². The Kier molecular flexibility index (Phi) is 4.32.